The molecule has 28 heavy (non-hydrogen) atoms. The number of rotatable bonds is 8. The van der Waals surface area contributed by atoms with Gasteiger partial charge in [0.2, 0.25) is 5.91 Å². The average molecular weight is 443 g/mol. The molecule has 0 aliphatic carbocycles. The highest BCUT2D eigenvalue weighted by Crippen LogP contribution is 2.37. The van der Waals surface area contributed by atoms with E-state index in [9.17, 15) is 14.4 Å². The van der Waals surface area contributed by atoms with E-state index in [2.05, 4.69) is 11.2 Å². The van der Waals surface area contributed by atoms with Gasteiger partial charge in [-0.15, -0.1) is 6.42 Å². The number of amides is 3. The quantitative estimate of drug-likeness (QED) is 0.378. The molecule has 1 aromatic rings. The van der Waals surface area contributed by atoms with Gasteiger partial charge in [0.05, 0.1) is 21.6 Å². The predicted octanol–water partition coefficient (Wildman–Crippen LogP) is 2.80. The van der Waals surface area contributed by atoms with Crippen molar-refractivity contribution >= 4 is 58.1 Å². The number of halogens is 2. The zero-order valence-electron chi connectivity index (χ0n) is 14.8. The highest BCUT2D eigenvalue weighted by molar-refractivity contribution is 8.18. The fourth-order valence-electron chi connectivity index (χ4n) is 2.19. The molecule has 0 bridgehead atoms. The van der Waals surface area contributed by atoms with Crippen molar-refractivity contribution in [2.75, 3.05) is 33.4 Å². The van der Waals surface area contributed by atoms with Crippen LogP contribution < -0.4 is 10.1 Å². The average Bonchev–Trinajstić information content (AvgIpc) is 2.89. The van der Waals surface area contributed by atoms with Gasteiger partial charge in [-0.1, -0.05) is 29.1 Å². The van der Waals surface area contributed by atoms with Crippen LogP contribution in [0, 0.1) is 12.3 Å². The molecule has 0 spiro atoms. The van der Waals surface area contributed by atoms with Crippen LogP contribution in [0.3, 0.4) is 0 Å². The number of hydrogen-bond donors (Lipinski definition) is 1. The summed E-state index contributed by atoms with van der Waals surface area (Å²) in [6.07, 6.45) is 6.61. The van der Waals surface area contributed by atoms with Gasteiger partial charge in [-0.2, -0.15) is 0 Å². The number of terminal acetylenes is 1. The van der Waals surface area contributed by atoms with Gasteiger partial charge in [0.1, 0.15) is 13.2 Å². The summed E-state index contributed by atoms with van der Waals surface area (Å²) in [7, 11) is 1.50. The Morgan fingerprint density at radius 2 is 2.04 bits per heavy atom. The Bertz CT molecular complexity index is 843. The molecular formula is C18H16Cl2N2O5S. The Hall–Kier alpha value is -2.18. The molecule has 10 heteroatoms. The largest absolute Gasteiger partial charge is 0.478 e. The van der Waals surface area contributed by atoms with E-state index in [4.69, 9.17) is 39.1 Å². The lowest BCUT2D eigenvalue weighted by molar-refractivity contribution is -0.129. The Morgan fingerprint density at radius 3 is 2.64 bits per heavy atom. The summed E-state index contributed by atoms with van der Waals surface area (Å²) in [6.45, 7) is 0.249. The highest BCUT2D eigenvalue weighted by Gasteiger charge is 2.36. The molecule has 1 aliphatic rings. The van der Waals surface area contributed by atoms with E-state index in [1.54, 1.807) is 0 Å². The van der Waals surface area contributed by atoms with Crippen LogP contribution in [0.25, 0.3) is 6.08 Å². The molecule has 1 saturated heterocycles. The summed E-state index contributed by atoms with van der Waals surface area (Å²) in [5.74, 6) is 1.52. The summed E-state index contributed by atoms with van der Waals surface area (Å²) in [5.41, 5.74) is 0.498. The maximum absolute atomic E-state index is 12.5. The standard InChI is InChI=1S/C18H16Cl2N2O5S/c1-3-5-27-16-12(19)7-11(8-13(16)20)9-14-17(24)22(18(25)28-14)10-15(23)21-4-6-26-2/h1,7-9H,4-6,10H2,2H3,(H,21,23)/b14-9-. The van der Waals surface area contributed by atoms with Gasteiger partial charge in [-0.05, 0) is 35.5 Å². The molecule has 0 radical (unpaired) electrons. The molecular weight excluding hydrogens is 427 g/mol. The van der Waals surface area contributed by atoms with Crippen LogP contribution in [-0.4, -0.2) is 55.4 Å². The van der Waals surface area contributed by atoms with E-state index in [-0.39, 0.29) is 40.4 Å². The number of hydrogen-bond acceptors (Lipinski definition) is 6. The number of thioether (sulfide) groups is 1. The molecule has 2 rings (SSSR count). The lowest BCUT2D eigenvalue weighted by atomic mass is 10.2. The van der Waals surface area contributed by atoms with Crippen molar-refractivity contribution < 1.29 is 23.9 Å². The Balaban J connectivity index is 2.13. The van der Waals surface area contributed by atoms with Crippen LogP contribution in [0.15, 0.2) is 17.0 Å². The third-order valence-electron chi connectivity index (χ3n) is 3.42. The summed E-state index contributed by atoms with van der Waals surface area (Å²) >= 11 is 13.0. The maximum atomic E-state index is 12.5. The monoisotopic (exact) mass is 442 g/mol. The molecule has 1 aromatic carbocycles. The molecule has 1 fully saturated rings. The lowest BCUT2D eigenvalue weighted by Crippen LogP contribution is -2.40. The van der Waals surface area contributed by atoms with E-state index in [0.717, 1.165) is 16.7 Å². The fraction of sp³-hybridized carbons (Fsp3) is 0.278. The third-order valence-corrected chi connectivity index (χ3v) is 4.89. The van der Waals surface area contributed by atoms with Crippen molar-refractivity contribution in [3.05, 3.63) is 32.6 Å². The van der Waals surface area contributed by atoms with E-state index in [1.807, 2.05) is 0 Å². The number of carbonyl (C=O) groups is 3. The van der Waals surface area contributed by atoms with Crippen LogP contribution in [0.2, 0.25) is 10.0 Å². The van der Waals surface area contributed by atoms with E-state index in [0.29, 0.717) is 12.2 Å². The van der Waals surface area contributed by atoms with Crippen LogP contribution in [0.5, 0.6) is 5.75 Å². The maximum Gasteiger partial charge on any atom is 0.294 e. The molecule has 0 saturated carbocycles. The summed E-state index contributed by atoms with van der Waals surface area (Å²) in [5, 5.41) is 2.44. The minimum absolute atomic E-state index is 0.00409. The first-order chi connectivity index (χ1) is 13.4. The predicted molar refractivity (Wildman–Crippen MR) is 108 cm³/mol. The van der Waals surface area contributed by atoms with Crippen molar-refractivity contribution in [2.45, 2.75) is 0 Å². The smallest absolute Gasteiger partial charge is 0.294 e. The van der Waals surface area contributed by atoms with Crippen LogP contribution in [-0.2, 0) is 14.3 Å². The van der Waals surface area contributed by atoms with Gasteiger partial charge in [0.15, 0.2) is 5.75 Å². The molecule has 7 nitrogen and oxygen atoms in total. The number of carbonyl (C=O) groups excluding carboxylic acids is 3. The van der Waals surface area contributed by atoms with Gasteiger partial charge < -0.3 is 14.8 Å². The number of benzene rings is 1. The second kappa shape index (κ2) is 10.4. The van der Waals surface area contributed by atoms with Crippen molar-refractivity contribution in [3.8, 4) is 18.1 Å². The summed E-state index contributed by atoms with van der Waals surface area (Å²) in [6, 6.07) is 3.06. The summed E-state index contributed by atoms with van der Waals surface area (Å²) in [4.78, 5) is 37.4. The Morgan fingerprint density at radius 1 is 1.36 bits per heavy atom. The van der Waals surface area contributed by atoms with Gasteiger partial charge in [-0.25, -0.2) is 0 Å². The first kappa shape index (κ1) is 22.1. The van der Waals surface area contributed by atoms with E-state index in [1.165, 1.54) is 25.3 Å². The van der Waals surface area contributed by atoms with Crippen LogP contribution in [0.4, 0.5) is 4.79 Å². The fourth-order valence-corrected chi connectivity index (χ4v) is 3.65. The first-order valence-electron chi connectivity index (χ1n) is 7.93. The number of nitrogens with zero attached hydrogens (tertiary/aromatic N) is 1. The molecule has 148 valence electrons. The van der Waals surface area contributed by atoms with Crippen molar-refractivity contribution in [2.24, 2.45) is 0 Å². The van der Waals surface area contributed by atoms with Gasteiger partial charge in [0, 0.05) is 13.7 Å². The van der Waals surface area contributed by atoms with Crippen LogP contribution >= 0.6 is 35.0 Å². The molecule has 3 amide bonds. The number of nitrogens with one attached hydrogen (secondary N) is 1. The molecule has 0 atom stereocenters. The second-order valence-electron chi connectivity index (χ2n) is 5.42. The first-order valence-corrected chi connectivity index (χ1v) is 9.51. The van der Waals surface area contributed by atoms with Gasteiger partial charge in [-0.3, -0.25) is 19.3 Å². The normalized spacial score (nSPS) is 15.1. The highest BCUT2D eigenvalue weighted by atomic mass is 35.5. The Labute approximate surface area is 176 Å². The second-order valence-corrected chi connectivity index (χ2v) is 7.22. The number of ether oxygens (including phenoxy) is 2. The SMILES string of the molecule is C#CCOc1c(Cl)cc(/C=C2\SC(=O)N(CC(=O)NCCOC)C2=O)cc1Cl. The van der Waals surface area contributed by atoms with E-state index < -0.39 is 17.1 Å². The molecule has 1 heterocycles. The van der Waals surface area contributed by atoms with Crippen LogP contribution in [0.1, 0.15) is 5.56 Å². The lowest BCUT2D eigenvalue weighted by Gasteiger charge is -2.12. The minimum atomic E-state index is -0.572. The van der Waals surface area contributed by atoms with Crippen molar-refractivity contribution in [3.63, 3.8) is 0 Å². The minimum Gasteiger partial charge on any atom is -0.478 e. The topological polar surface area (TPSA) is 84.9 Å². The van der Waals surface area contributed by atoms with Crippen molar-refractivity contribution in [1.29, 1.82) is 0 Å². The number of methoxy groups -OCH3 is 1. The summed E-state index contributed by atoms with van der Waals surface area (Å²) < 4.78 is 10.1. The zero-order chi connectivity index (χ0) is 20.7. The molecule has 0 unspecified atom stereocenters. The third kappa shape index (κ3) is 5.66. The molecule has 0 aromatic heterocycles. The van der Waals surface area contributed by atoms with Gasteiger partial charge >= 0.3 is 0 Å². The zero-order valence-corrected chi connectivity index (χ0v) is 17.1. The van der Waals surface area contributed by atoms with E-state index >= 15 is 0 Å². The molecule has 1 N–H and O–H groups in total. The van der Waals surface area contributed by atoms with Gasteiger partial charge in [0.25, 0.3) is 11.1 Å². The molecule has 1 aliphatic heterocycles. The van der Waals surface area contributed by atoms with Crippen molar-refractivity contribution in [1.82, 2.24) is 10.2 Å². The number of imide groups is 1. The Kier molecular flexibility index (Phi) is 8.20.